The van der Waals surface area contributed by atoms with Gasteiger partial charge in [-0.3, -0.25) is 14.9 Å². The number of benzene rings is 1. The quantitative estimate of drug-likeness (QED) is 0.884. The zero-order valence-corrected chi connectivity index (χ0v) is 15.7. The molecule has 0 atom stereocenters. The summed E-state index contributed by atoms with van der Waals surface area (Å²) >= 11 is 7.54. The van der Waals surface area contributed by atoms with Crippen LogP contribution in [0.2, 0.25) is 5.02 Å². The van der Waals surface area contributed by atoms with Crippen molar-refractivity contribution < 1.29 is 9.59 Å². The topological polar surface area (TPSA) is 74.7 Å². The normalized spacial score (nSPS) is 14.5. The first kappa shape index (κ1) is 17.6. The Labute approximate surface area is 154 Å². The van der Waals surface area contributed by atoms with Crippen molar-refractivity contribution in [3.05, 3.63) is 39.4 Å². The van der Waals surface area contributed by atoms with Crippen molar-refractivity contribution >= 4 is 51.3 Å². The molecular formula is C17H17ClN4O2S. The van der Waals surface area contributed by atoms with Gasteiger partial charge in [0, 0.05) is 22.7 Å². The van der Waals surface area contributed by atoms with Gasteiger partial charge >= 0.3 is 0 Å². The molecule has 1 N–H and O–H groups in total. The third kappa shape index (κ3) is 3.72. The predicted octanol–water partition coefficient (Wildman–Crippen LogP) is 3.84. The van der Waals surface area contributed by atoms with Gasteiger partial charge in [-0.2, -0.15) is 5.10 Å². The molecule has 6 nitrogen and oxygen atoms in total. The van der Waals surface area contributed by atoms with E-state index in [-0.39, 0.29) is 18.2 Å². The number of rotatable bonds is 3. The molecule has 1 aliphatic heterocycles. The Morgan fingerprint density at radius 1 is 1.28 bits per heavy atom. The van der Waals surface area contributed by atoms with Crippen LogP contribution in [-0.2, 0) is 9.59 Å². The molecule has 2 amide bonds. The molecule has 1 aromatic carbocycles. The fourth-order valence-corrected chi connectivity index (χ4v) is 3.31. The molecule has 1 aromatic heterocycles. The SMILES string of the molecule is Cc1ccc(N2N=C(C(=O)Nc3nc(C)c(C)s3)CCC2=O)cc1Cl. The van der Waals surface area contributed by atoms with Gasteiger partial charge in [0.15, 0.2) is 5.13 Å². The Kier molecular flexibility index (Phi) is 4.87. The number of aromatic nitrogens is 1. The van der Waals surface area contributed by atoms with Crippen LogP contribution >= 0.6 is 22.9 Å². The molecule has 2 heterocycles. The maximum atomic E-state index is 12.5. The number of hydrogen-bond donors (Lipinski definition) is 1. The van der Waals surface area contributed by atoms with E-state index in [0.29, 0.717) is 28.0 Å². The number of aryl methyl sites for hydroxylation is 3. The van der Waals surface area contributed by atoms with Gasteiger partial charge in [-0.25, -0.2) is 9.99 Å². The van der Waals surface area contributed by atoms with Gasteiger partial charge in [-0.15, -0.1) is 11.3 Å². The summed E-state index contributed by atoms with van der Waals surface area (Å²) in [5, 5.41) is 9.31. The second kappa shape index (κ2) is 6.93. The molecule has 2 aromatic rings. The van der Waals surface area contributed by atoms with Gasteiger partial charge in [-0.1, -0.05) is 17.7 Å². The molecule has 0 fully saturated rings. The van der Waals surface area contributed by atoms with E-state index < -0.39 is 0 Å². The molecule has 0 bridgehead atoms. The first-order valence-electron chi connectivity index (χ1n) is 7.77. The predicted molar refractivity (Wildman–Crippen MR) is 101 cm³/mol. The Morgan fingerprint density at radius 3 is 2.68 bits per heavy atom. The number of anilines is 2. The van der Waals surface area contributed by atoms with Crippen molar-refractivity contribution in [2.75, 3.05) is 10.3 Å². The molecule has 0 unspecified atom stereocenters. The molecule has 0 saturated carbocycles. The van der Waals surface area contributed by atoms with Gasteiger partial charge in [0.2, 0.25) is 5.91 Å². The van der Waals surface area contributed by atoms with Crippen molar-refractivity contribution in [1.82, 2.24) is 4.98 Å². The molecule has 1 aliphatic rings. The standard InChI is InChI=1S/C17H17ClN4O2S/c1-9-4-5-12(8-13(9)18)22-15(23)7-6-14(21-22)16(24)20-17-19-10(2)11(3)25-17/h4-5,8H,6-7H2,1-3H3,(H,19,20,24). The first-order valence-corrected chi connectivity index (χ1v) is 8.96. The molecule has 0 aliphatic carbocycles. The second-order valence-corrected chi connectivity index (χ2v) is 7.41. The molecule has 3 rings (SSSR count). The third-order valence-corrected chi connectivity index (χ3v) is 5.34. The van der Waals surface area contributed by atoms with Gasteiger partial charge < -0.3 is 0 Å². The Hall–Kier alpha value is -2.25. The number of nitrogens with one attached hydrogen (secondary N) is 1. The van der Waals surface area contributed by atoms with Gasteiger partial charge in [0.05, 0.1) is 11.4 Å². The summed E-state index contributed by atoms with van der Waals surface area (Å²) in [6.07, 6.45) is 0.512. The number of amides is 2. The van der Waals surface area contributed by atoms with Gasteiger partial charge in [0.25, 0.3) is 5.91 Å². The Morgan fingerprint density at radius 2 is 2.04 bits per heavy atom. The number of hydrazone groups is 1. The van der Waals surface area contributed by atoms with Crippen LogP contribution in [0.5, 0.6) is 0 Å². The maximum Gasteiger partial charge on any atom is 0.273 e. The van der Waals surface area contributed by atoms with E-state index in [1.807, 2.05) is 26.8 Å². The van der Waals surface area contributed by atoms with E-state index in [4.69, 9.17) is 11.6 Å². The van der Waals surface area contributed by atoms with Crippen LogP contribution in [0.4, 0.5) is 10.8 Å². The van der Waals surface area contributed by atoms with Crippen molar-refractivity contribution in [2.45, 2.75) is 33.6 Å². The molecule has 0 radical (unpaired) electrons. The lowest BCUT2D eigenvalue weighted by Gasteiger charge is -2.23. The smallest absolute Gasteiger partial charge is 0.273 e. The van der Waals surface area contributed by atoms with Crippen molar-refractivity contribution in [1.29, 1.82) is 0 Å². The molecule has 130 valence electrons. The fraction of sp³-hybridized carbons (Fsp3) is 0.294. The average Bonchev–Trinajstić information content (AvgIpc) is 2.88. The van der Waals surface area contributed by atoms with E-state index in [1.54, 1.807) is 12.1 Å². The minimum atomic E-state index is -0.343. The maximum absolute atomic E-state index is 12.5. The van der Waals surface area contributed by atoms with Crippen LogP contribution in [0.3, 0.4) is 0 Å². The summed E-state index contributed by atoms with van der Waals surface area (Å²) in [6, 6.07) is 5.25. The fourth-order valence-electron chi connectivity index (χ4n) is 2.33. The number of nitrogens with zero attached hydrogens (tertiary/aromatic N) is 3. The number of halogens is 1. The Balaban J connectivity index is 1.84. The highest BCUT2D eigenvalue weighted by Gasteiger charge is 2.26. The van der Waals surface area contributed by atoms with E-state index in [0.717, 1.165) is 16.1 Å². The van der Waals surface area contributed by atoms with Crippen molar-refractivity contribution in [2.24, 2.45) is 5.10 Å². The lowest BCUT2D eigenvalue weighted by atomic mass is 10.1. The molecular weight excluding hydrogens is 360 g/mol. The van der Waals surface area contributed by atoms with Crippen LogP contribution in [0.1, 0.15) is 29.0 Å². The monoisotopic (exact) mass is 376 g/mol. The zero-order chi connectivity index (χ0) is 18.1. The van der Waals surface area contributed by atoms with Crippen LogP contribution in [0.15, 0.2) is 23.3 Å². The minimum Gasteiger partial charge on any atom is -0.297 e. The number of carbonyl (C=O) groups excluding carboxylic acids is 2. The summed E-state index contributed by atoms with van der Waals surface area (Å²) in [6.45, 7) is 5.72. The van der Waals surface area contributed by atoms with Crippen molar-refractivity contribution in [3.8, 4) is 0 Å². The summed E-state index contributed by atoms with van der Waals surface area (Å²) in [7, 11) is 0. The highest BCUT2D eigenvalue weighted by Crippen LogP contribution is 2.26. The van der Waals surface area contributed by atoms with Gasteiger partial charge in [-0.05, 0) is 38.5 Å². The minimum absolute atomic E-state index is 0.169. The second-order valence-electron chi connectivity index (χ2n) is 5.80. The number of hydrogen-bond acceptors (Lipinski definition) is 5. The summed E-state index contributed by atoms with van der Waals surface area (Å²) in [5.74, 6) is -0.512. The largest absolute Gasteiger partial charge is 0.297 e. The van der Waals surface area contributed by atoms with Crippen LogP contribution < -0.4 is 10.3 Å². The van der Waals surface area contributed by atoms with Crippen molar-refractivity contribution in [3.63, 3.8) is 0 Å². The summed E-state index contributed by atoms with van der Waals surface area (Å²) in [4.78, 5) is 30.0. The third-order valence-electron chi connectivity index (χ3n) is 3.94. The van der Waals surface area contributed by atoms with E-state index in [2.05, 4.69) is 15.4 Å². The zero-order valence-electron chi connectivity index (χ0n) is 14.1. The van der Waals surface area contributed by atoms with Gasteiger partial charge in [0.1, 0.15) is 5.71 Å². The highest BCUT2D eigenvalue weighted by atomic mass is 35.5. The van der Waals surface area contributed by atoms with E-state index in [1.165, 1.54) is 16.3 Å². The lowest BCUT2D eigenvalue weighted by Crippen LogP contribution is -2.36. The average molecular weight is 377 g/mol. The van der Waals surface area contributed by atoms with E-state index in [9.17, 15) is 9.59 Å². The summed E-state index contributed by atoms with van der Waals surface area (Å²) in [5.41, 5.74) is 2.64. The lowest BCUT2D eigenvalue weighted by molar-refractivity contribution is -0.118. The van der Waals surface area contributed by atoms with Crippen LogP contribution in [-0.4, -0.2) is 22.5 Å². The van der Waals surface area contributed by atoms with Crippen LogP contribution in [0, 0.1) is 20.8 Å². The molecule has 25 heavy (non-hydrogen) atoms. The number of carbonyl (C=O) groups is 2. The number of thiazole rings is 1. The molecule has 0 saturated heterocycles. The Bertz CT molecular complexity index is 871. The van der Waals surface area contributed by atoms with E-state index >= 15 is 0 Å². The first-order chi connectivity index (χ1) is 11.8. The highest BCUT2D eigenvalue weighted by molar-refractivity contribution is 7.15. The summed E-state index contributed by atoms with van der Waals surface area (Å²) < 4.78 is 0. The van der Waals surface area contributed by atoms with Crippen LogP contribution in [0.25, 0.3) is 0 Å². The molecule has 8 heteroatoms. The molecule has 0 spiro atoms.